The number of carbonyl (C=O) groups is 3. The van der Waals surface area contributed by atoms with Gasteiger partial charge in [0.2, 0.25) is 11.8 Å². The fourth-order valence-electron chi connectivity index (χ4n) is 2.56. The normalized spacial score (nSPS) is 18.0. The van der Waals surface area contributed by atoms with Crippen LogP contribution in [0.3, 0.4) is 0 Å². The van der Waals surface area contributed by atoms with Crippen molar-refractivity contribution >= 4 is 57.1 Å². The van der Waals surface area contributed by atoms with E-state index in [0.29, 0.717) is 24.4 Å². The summed E-state index contributed by atoms with van der Waals surface area (Å²) >= 11 is 2.89. The molecule has 24 heavy (non-hydrogen) atoms. The third-order valence-electron chi connectivity index (χ3n) is 3.94. The molecule has 1 N–H and O–H groups in total. The minimum Gasteiger partial charge on any atom is -0.346 e. The summed E-state index contributed by atoms with van der Waals surface area (Å²) in [5.41, 5.74) is 1.55. The number of rotatable bonds is 5. The minimum absolute atomic E-state index is 0.0103. The molecule has 3 rings (SSSR count). The van der Waals surface area contributed by atoms with Gasteiger partial charge in [0.15, 0.2) is 4.34 Å². The number of fused-ring (bicyclic) bond motifs is 1. The van der Waals surface area contributed by atoms with Crippen LogP contribution in [-0.4, -0.2) is 47.3 Å². The van der Waals surface area contributed by atoms with E-state index in [1.807, 2.05) is 18.2 Å². The molecule has 2 heterocycles. The zero-order valence-corrected chi connectivity index (χ0v) is 14.8. The van der Waals surface area contributed by atoms with Crippen LogP contribution < -0.4 is 5.32 Å². The first-order valence-corrected chi connectivity index (χ1v) is 9.39. The standard InChI is InChI=1S/C16H17N3O3S2/c1-19-5-4-10(8-14(19)21)15(22)17-11-2-3-12-13(9-11)24-16(18-12)23-7-6-20/h2-3,6,9-10H,4-5,7-8H2,1H3,(H,17,22). The number of thioether (sulfide) groups is 1. The average molecular weight is 363 g/mol. The van der Waals surface area contributed by atoms with Gasteiger partial charge in [0.1, 0.15) is 6.29 Å². The van der Waals surface area contributed by atoms with Crippen LogP contribution in [0.15, 0.2) is 22.5 Å². The van der Waals surface area contributed by atoms with Crippen molar-refractivity contribution in [1.29, 1.82) is 0 Å². The molecule has 8 heteroatoms. The lowest BCUT2D eigenvalue weighted by Crippen LogP contribution is -2.39. The van der Waals surface area contributed by atoms with Crippen molar-refractivity contribution in [2.75, 3.05) is 24.7 Å². The number of anilines is 1. The second-order valence-electron chi connectivity index (χ2n) is 5.63. The van der Waals surface area contributed by atoms with Crippen LogP contribution in [0, 0.1) is 5.92 Å². The molecule has 2 aromatic rings. The number of aromatic nitrogens is 1. The molecule has 1 unspecified atom stereocenters. The first kappa shape index (κ1) is 16.9. The van der Waals surface area contributed by atoms with Crippen LogP contribution in [-0.2, 0) is 14.4 Å². The molecule has 1 aromatic heterocycles. The summed E-state index contributed by atoms with van der Waals surface area (Å²) in [6.07, 6.45) is 1.80. The summed E-state index contributed by atoms with van der Waals surface area (Å²) in [5.74, 6) is 0.00435. The fraction of sp³-hybridized carbons (Fsp3) is 0.375. The van der Waals surface area contributed by atoms with Crippen LogP contribution in [0.5, 0.6) is 0 Å². The van der Waals surface area contributed by atoms with Gasteiger partial charge in [0, 0.05) is 31.6 Å². The molecule has 1 saturated heterocycles. The molecular formula is C16H17N3O3S2. The number of thiazole rings is 1. The lowest BCUT2D eigenvalue weighted by molar-refractivity contribution is -0.137. The summed E-state index contributed by atoms with van der Waals surface area (Å²) < 4.78 is 1.79. The predicted molar refractivity (Wildman–Crippen MR) is 95.4 cm³/mol. The maximum atomic E-state index is 12.4. The molecule has 1 aliphatic rings. The Labute approximate surface area is 147 Å². The first-order chi connectivity index (χ1) is 11.6. The second kappa shape index (κ2) is 7.31. The monoisotopic (exact) mass is 363 g/mol. The van der Waals surface area contributed by atoms with Crippen molar-refractivity contribution < 1.29 is 14.4 Å². The summed E-state index contributed by atoms with van der Waals surface area (Å²) in [4.78, 5) is 40.6. The fourth-order valence-corrected chi connectivity index (χ4v) is 4.38. The van der Waals surface area contributed by atoms with Crippen molar-refractivity contribution in [3.8, 4) is 0 Å². The minimum atomic E-state index is -0.274. The predicted octanol–water partition coefficient (Wildman–Crippen LogP) is 2.39. The van der Waals surface area contributed by atoms with Gasteiger partial charge in [0.05, 0.1) is 16.0 Å². The second-order valence-corrected chi connectivity index (χ2v) is 7.93. The van der Waals surface area contributed by atoms with Crippen molar-refractivity contribution in [1.82, 2.24) is 9.88 Å². The van der Waals surface area contributed by atoms with E-state index < -0.39 is 0 Å². The Kier molecular flexibility index (Phi) is 5.15. The molecule has 1 aromatic carbocycles. The largest absolute Gasteiger partial charge is 0.346 e. The average Bonchev–Trinajstić information content (AvgIpc) is 2.97. The van der Waals surface area contributed by atoms with E-state index in [-0.39, 0.29) is 24.2 Å². The lowest BCUT2D eigenvalue weighted by Gasteiger charge is -2.27. The number of hydrogen-bond donors (Lipinski definition) is 1. The number of piperidine rings is 1. The van der Waals surface area contributed by atoms with Crippen LogP contribution in [0.4, 0.5) is 5.69 Å². The van der Waals surface area contributed by atoms with Crippen LogP contribution in [0.25, 0.3) is 10.2 Å². The lowest BCUT2D eigenvalue weighted by atomic mass is 9.95. The van der Waals surface area contributed by atoms with Crippen molar-refractivity contribution in [2.24, 2.45) is 5.92 Å². The van der Waals surface area contributed by atoms with Gasteiger partial charge in [-0.15, -0.1) is 11.3 Å². The Hall–Kier alpha value is -1.93. The number of benzene rings is 1. The van der Waals surface area contributed by atoms with E-state index in [0.717, 1.165) is 20.8 Å². The summed E-state index contributed by atoms with van der Waals surface area (Å²) in [6, 6.07) is 5.55. The van der Waals surface area contributed by atoms with Gasteiger partial charge < -0.3 is 15.0 Å². The zero-order valence-electron chi connectivity index (χ0n) is 13.2. The molecule has 1 atom stereocenters. The molecule has 1 aliphatic heterocycles. The van der Waals surface area contributed by atoms with Gasteiger partial charge in [-0.1, -0.05) is 11.8 Å². The van der Waals surface area contributed by atoms with Crippen molar-refractivity contribution in [2.45, 2.75) is 17.2 Å². The highest BCUT2D eigenvalue weighted by molar-refractivity contribution is 8.01. The summed E-state index contributed by atoms with van der Waals surface area (Å²) in [7, 11) is 1.76. The van der Waals surface area contributed by atoms with Gasteiger partial charge in [-0.3, -0.25) is 9.59 Å². The molecule has 1 fully saturated rings. The zero-order chi connectivity index (χ0) is 17.1. The summed E-state index contributed by atoms with van der Waals surface area (Å²) in [6.45, 7) is 0.613. The van der Waals surface area contributed by atoms with Gasteiger partial charge >= 0.3 is 0 Å². The molecule has 0 spiro atoms. The Morgan fingerprint density at radius 3 is 3.12 bits per heavy atom. The summed E-state index contributed by atoms with van der Waals surface area (Å²) in [5, 5.41) is 2.90. The van der Waals surface area contributed by atoms with E-state index in [1.165, 1.54) is 23.1 Å². The maximum Gasteiger partial charge on any atom is 0.228 e. The first-order valence-electron chi connectivity index (χ1n) is 7.58. The number of hydrogen-bond acceptors (Lipinski definition) is 6. The van der Waals surface area contributed by atoms with Gasteiger partial charge in [0.25, 0.3) is 0 Å². The van der Waals surface area contributed by atoms with E-state index in [1.54, 1.807) is 11.9 Å². The SMILES string of the molecule is CN1CCC(C(=O)Nc2ccc3nc(SCC=O)sc3c2)CC1=O. The van der Waals surface area contributed by atoms with E-state index in [2.05, 4.69) is 10.3 Å². The molecule has 0 aliphatic carbocycles. The molecular weight excluding hydrogens is 346 g/mol. The molecule has 0 bridgehead atoms. The Bertz CT molecular complexity index is 790. The third kappa shape index (κ3) is 3.76. The van der Waals surface area contributed by atoms with Crippen LogP contribution in [0.1, 0.15) is 12.8 Å². The highest BCUT2D eigenvalue weighted by Gasteiger charge is 2.28. The quantitative estimate of drug-likeness (QED) is 0.652. The number of nitrogens with one attached hydrogen (secondary N) is 1. The molecule has 0 saturated carbocycles. The molecule has 2 amide bonds. The third-order valence-corrected chi connectivity index (χ3v) is 6.00. The molecule has 0 radical (unpaired) electrons. The molecule has 126 valence electrons. The molecule has 6 nitrogen and oxygen atoms in total. The maximum absolute atomic E-state index is 12.4. The number of aldehydes is 1. The van der Waals surface area contributed by atoms with E-state index in [4.69, 9.17) is 0 Å². The van der Waals surface area contributed by atoms with Crippen molar-refractivity contribution in [3.05, 3.63) is 18.2 Å². The van der Waals surface area contributed by atoms with Gasteiger partial charge in [-0.2, -0.15) is 0 Å². The topological polar surface area (TPSA) is 79.4 Å². The Morgan fingerprint density at radius 1 is 1.54 bits per heavy atom. The van der Waals surface area contributed by atoms with Crippen LogP contribution in [0.2, 0.25) is 0 Å². The Morgan fingerprint density at radius 2 is 2.38 bits per heavy atom. The smallest absolute Gasteiger partial charge is 0.228 e. The van der Waals surface area contributed by atoms with E-state index >= 15 is 0 Å². The van der Waals surface area contributed by atoms with Gasteiger partial charge in [-0.05, 0) is 24.6 Å². The number of nitrogens with zero attached hydrogens (tertiary/aromatic N) is 2. The highest BCUT2D eigenvalue weighted by Crippen LogP contribution is 2.31. The van der Waals surface area contributed by atoms with E-state index in [9.17, 15) is 14.4 Å². The van der Waals surface area contributed by atoms with Crippen LogP contribution >= 0.6 is 23.1 Å². The van der Waals surface area contributed by atoms with Gasteiger partial charge in [-0.25, -0.2) is 4.98 Å². The number of likely N-dealkylation sites (tertiary alicyclic amines) is 1. The van der Waals surface area contributed by atoms with Crippen molar-refractivity contribution in [3.63, 3.8) is 0 Å². The Balaban J connectivity index is 1.69. The highest BCUT2D eigenvalue weighted by atomic mass is 32.2. The number of carbonyl (C=O) groups excluding carboxylic acids is 3. The number of amides is 2.